The van der Waals surface area contributed by atoms with Crippen LogP contribution in [0, 0.1) is 0 Å². The topological polar surface area (TPSA) is 122 Å². The molecule has 0 aromatic rings. The number of rotatable bonds is 6. The van der Waals surface area contributed by atoms with Crippen LogP contribution in [-0.4, -0.2) is 67.1 Å². The second kappa shape index (κ2) is 7.68. The second-order valence-corrected chi connectivity index (χ2v) is 4.90. The third-order valence-corrected chi connectivity index (χ3v) is 3.08. The Kier molecular flexibility index (Phi) is 5.63. The number of hydrogen-bond donors (Lipinski definition) is 2. The fraction of sp³-hybridized carbons (Fsp3) is 0.615. The molecule has 2 aliphatic rings. The van der Waals surface area contributed by atoms with Crippen molar-refractivity contribution < 1.29 is 23.9 Å². The van der Waals surface area contributed by atoms with E-state index in [0.29, 0.717) is 6.42 Å². The van der Waals surface area contributed by atoms with Gasteiger partial charge in [-0.3, -0.25) is 30.0 Å². The predicted molar refractivity (Wildman–Crippen MR) is 79.4 cm³/mol. The molecule has 2 atom stereocenters. The molecule has 2 heterocycles. The molecule has 0 spiro atoms. The first-order chi connectivity index (χ1) is 11.0. The number of fused-ring (bicyclic) bond motifs is 1. The summed E-state index contributed by atoms with van der Waals surface area (Å²) in [5, 5.41) is 4.91. The number of guanidine groups is 1. The summed E-state index contributed by atoms with van der Waals surface area (Å²) in [5.41, 5.74) is 0. The van der Waals surface area contributed by atoms with Gasteiger partial charge in [-0.1, -0.05) is 6.92 Å². The Bertz CT molecular complexity index is 547. The summed E-state index contributed by atoms with van der Waals surface area (Å²) in [6, 6.07) is -0.672. The molecule has 10 heteroatoms. The van der Waals surface area contributed by atoms with E-state index >= 15 is 0 Å². The minimum atomic E-state index is -0.672. The molecular weight excluding hydrogens is 306 g/mol. The van der Waals surface area contributed by atoms with Gasteiger partial charge in [0.15, 0.2) is 12.2 Å². The van der Waals surface area contributed by atoms with Gasteiger partial charge in [0.1, 0.15) is 13.3 Å². The molecule has 0 aromatic heterocycles. The molecule has 2 N–H and O–H groups in total. The molecule has 0 aliphatic carbocycles. The quantitative estimate of drug-likeness (QED) is 0.456. The fourth-order valence-corrected chi connectivity index (χ4v) is 2.01. The Morgan fingerprint density at radius 3 is 2.91 bits per heavy atom. The molecule has 0 saturated heterocycles. The van der Waals surface area contributed by atoms with Crippen molar-refractivity contribution in [2.45, 2.75) is 32.5 Å². The third kappa shape index (κ3) is 4.49. The number of nitrogens with one attached hydrogen (secondary N) is 2. The summed E-state index contributed by atoms with van der Waals surface area (Å²) in [7, 11) is 0. The monoisotopic (exact) mass is 325 g/mol. The van der Waals surface area contributed by atoms with E-state index in [4.69, 9.17) is 9.47 Å². The van der Waals surface area contributed by atoms with Gasteiger partial charge in [-0.05, 0) is 0 Å². The summed E-state index contributed by atoms with van der Waals surface area (Å²) < 4.78 is 10.3. The summed E-state index contributed by atoms with van der Waals surface area (Å²) in [5.74, 6) is -0.868. The highest BCUT2D eigenvalue weighted by molar-refractivity contribution is 6.07. The van der Waals surface area contributed by atoms with Crippen molar-refractivity contribution in [1.82, 2.24) is 15.5 Å². The zero-order chi connectivity index (χ0) is 16.8. The lowest BCUT2D eigenvalue weighted by Gasteiger charge is -2.28. The van der Waals surface area contributed by atoms with Crippen LogP contribution in [0.3, 0.4) is 0 Å². The molecule has 10 nitrogen and oxygen atoms in total. The van der Waals surface area contributed by atoms with Crippen molar-refractivity contribution >= 4 is 30.1 Å². The van der Waals surface area contributed by atoms with Crippen LogP contribution in [0.15, 0.2) is 9.98 Å². The van der Waals surface area contributed by atoms with Gasteiger partial charge in [-0.25, -0.2) is 4.99 Å². The van der Waals surface area contributed by atoms with Gasteiger partial charge in [0, 0.05) is 13.3 Å². The van der Waals surface area contributed by atoms with Crippen LogP contribution in [0.25, 0.3) is 0 Å². The maximum absolute atomic E-state index is 11.9. The number of esters is 1. The van der Waals surface area contributed by atoms with Crippen molar-refractivity contribution in [3.05, 3.63) is 0 Å². The van der Waals surface area contributed by atoms with E-state index in [1.54, 1.807) is 11.8 Å². The average molecular weight is 325 g/mol. The largest absolute Gasteiger partial charge is 0.463 e. The molecule has 0 bridgehead atoms. The van der Waals surface area contributed by atoms with Crippen molar-refractivity contribution in [3.63, 3.8) is 0 Å². The van der Waals surface area contributed by atoms with E-state index in [9.17, 15) is 14.4 Å². The normalized spacial score (nSPS) is 22.3. The molecule has 2 amide bonds. The van der Waals surface area contributed by atoms with Gasteiger partial charge < -0.3 is 14.4 Å². The lowest BCUT2D eigenvalue weighted by molar-refractivity contribution is -0.145. The van der Waals surface area contributed by atoms with Gasteiger partial charge in [0.05, 0.1) is 12.9 Å². The lowest BCUT2D eigenvalue weighted by atomic mass is 10.2. The minimum absolute atomic E-state index is 0.0936. The van der Waals surface area contributed by atoms with Crippen molar-refractivity contribution in [3.8, 4) is 0 Å². The van der Waals surface area contributed by atoms with Crippen LogP contribution in [-0.2, 0) is 23.9 Å². The molecule has 0 saturated carbocycles. The minimum Gasteiger partial charge on any atom is -0.463 e. The summed E-state index contributed by atoms with van der Waals surface area (Å²) in [4.78, 5) is 43.9. The molecule has 0 fully saturated rings. The maximum atomic E-state index is 11.9. The standard InChI is InChI=1S/C13H19N5O5/c1-3-9(20)23-5-4-22-7-18-6-14-10-11(18)16-13(15-8(2)19)17-12(10)21/h6,10-11H,3-5,7H2,1-2H3,(H2,15,16,17,19,21). The van der Waals surface area contributed by atoms with Crippen LogP contribution in [0.4, 0.5) is 0 Å². The summed E-state index contributed by atoms with van der Waals surface area (Å²) >= 11 is 0. The van der Waals surface area contributed by atoms with Crippen LogP contribution < -0.4 is 10.6 Å². The first kappa shape index (κ1) is 16.9. The Labute approximate surface area is 132 Å². The Morgan fingerprint density at radius 2 is 2.22 bits per heavy atom. The van der Waals surface area contributed by atoms with E-state index in [-0.39, 0.29) is 43.7 Å². The molecule has 126 valence electrons. The fourth-order valence-electron chi connectivity index (χ4n) is 2.01. The van der Waals surface area contributed by atoms with E-state index < -0.39 is 12.2 Å². The van der Waals surface area contributed by atoms with E-state index in [1.165, 1.54) is 13.3 Å². The SMILES string of the molecule is CCC(=O)OCCOCN1C=NC2C(=O)NC(NC(C)=O)=NC21. The van der Waals surface area contributed by atoms with E-state index in [1.807, 2.05) is 0 Å². The zero-order valence-corrected chi connectivity index (χ0v) is 12.9. The third-order valence-electron chi connectivity index (χ3n) is 3.08. The van der Waals surface area contributed by atoms with Gasteiger partial charge in [-0.15, -0.1) is 0 Å². The molecule has 0 aromatic carbocycles. The Hall–Kier alpha value is -2.49. The predicted octanol–water partition coefficient (Wildman–Crippen LogP) is -1.43. The number of amides is 2. The van der Waals surface area contributed by atoms with Gasteiger partial charge >= 0.3 is 5.97 Å². The lowest BCUT2D eigenvalue weighted by Crippen LogP contribution is -2.56. The smallest absolute Gasteiger partial charge is 0.305 e. The van der Waals surface area contributed by atoms with Gasteiger partial charge in [0.25, 0.3) is 5.91 Å². The molecule has 2 aliphatic heterocycles. The number of hydrogen-bond acceptors (Lipinski definition) is 8. The first-order valence-electron chi connectivity index (χ1n) is 7.20. The highest BCUT2D eigenvalue weighted by atomic mass is 16.6. The number of carbonyl (C=O) groups excluding carboxylic acids is 3. The molecular formula is C13H19N5O5. The molecule has 0 radical (unpaired) electrons. The van der Waals surface area contributed by atoms with Crippen molar-refractivity contribution in [2.75, 3.05) is 19.9 Å². The van der Waals surface area contributed by atoms with Crippen LogP contribution in [0.2, 0.25) is 0 Å². The second-order valence-electron chi connectivity index (χ2n) is 4.90. The highest BCUT2D eigenvalue weighted by Crippen LogP contribution is 2.18. The van der Waals surface area contributed by atoms with Crippen LogP contribution >= 0.6 is 0 Å². The average Bonchev–Trinajstić information content (AvgIpc) is 2.89. The molecule has 2 rings (SSSR count). The van der Waals surface area contributed by atoms with Crippen molar-refractivity contribution in [1.29, 1.82) is 0 Å². The Morgan fingerprint density at radius 1 is 1.43 bits per heavy atom. The number of aliphatic imine (C=N–C) groups is 2. The number of ether oxygens (including phenoxy) is 2. The van der Waals surface area contributed by atoms with Crippen molar-refractivity contribution in [2.24, 2.45) is 9.98 Å². The van der Waals surface area contributed by atoms with E-state index in [0.717, 1.165) is 0 Å². The van der Waals surface area contributed by atoms with Gasteiger partial charge in [-0.2, -0.15) is 0 Å². The van der Waals surface area contributed by atoms with E-state index in [2.05, 4.69) is 20.6 Å². The van der Waals surface area contributed by atoms with Crippen LogP contribution in [0.5, 0.6) is 0 Å². The summed E-state index contributed by atoms with van der Waals surface area (Å²) in [6.07, 6.45) is 1.23. The highest BCUT2D eigenvalue weighted by Gasteiger charge is 2.39. The zero-order valence-electron chi connectivity index (χ0n) is 12.9. The molecule has 23 heavy (non-hydrogen) atoms. The van der Waals surface area contributed by atoms with Gasteiger partial charge in [0.2, 0.25) is 11.9 Å². The first-order valence-corrected chi connectivity index (χ1v) is 7.20. The Balaban J connectivity index is 1.84. The molecule has 2 unspecified atom stereocenters. The summed E-state index contributed by atoms with van der Waals surface area (Å²) in [6.45, 7) is 3.56. The number of nitrogens with zero attached hydrogens (tertiary/aromatic N) is 3. The van der Waals surface area contributed by atoms with Crippen LogP contribution in [0.1, 0.15) is 20.3 Å². The maximum Gasteiger partial charge on any atom is 0.305 e. The number of carbonyl (C=O) groups is 3.